The normalized spacial score (nSPS) is 16.4. The van der Waals surface area contributed by atoms with Crippen LogP contribution >= 0.6 is 0 Å². The van der Waals surface area contributed by atoms with Crippen molar-refractivity contribution < 1.29 is 4.74 Å². The monoisotopic (exact) mass is 149 g/mol. The third-order valence-electron chi connectivity index (χ3n) is 1.87. The summed E-state index contributed by atoms with van der Waals surface area (Å²) in [6.07, 6.45) is 1.07. The number of hydrogen-bond acceptors (Lipinski definition) is 2. The third-order valence-corrected chi connectivity index (χ3v) is 1.87. The first-order chi connectivity index (χ1) is 5.47. The van der Waals surface area contributed by atoms with Crippen LogP contribution in [0.1, 0.15) is 5.56 Å². The summed E-state index contributed by atoms with van der Waals surface area (Å²) in [7, 11) is 0. The van der Waals surface area contributed by atoms with Crippen molar-refractivity contribution in [2.45, 2.75) is 6.42 Å². The molecule has 0 aromatic heterocycles. The van der Waals surface area contributed by atoms with Crippen LogP contribution in [-0.4, -0.2) is 13.3 Å². The van der Waals surface area contributed by atoms with E-state index in [-0.39, 0.29) is 0 Å². The molecule has 0 aliphatic carbocycles. The van der Waals surface area contributed by atoms with E-state index in [1.165, 1.54) is 5.56 Å². The second kappa shape index (κ2) is 2.93. The summed E-state index contributed by atoms with van der Waals surface area (Å²) in [4.78, 5) is 0. The topological polar surface area (TPSA) is 21.3 Å². The fraction of sp³-hybridized carbons (Fsp3) is 0.333. The first-order valence-electron chi connectivity index (χ1n) is 3.88. The van der Waals surface area contributed by atoms with Gasteiger partial charge >= 0.3 is 0 Å². The molecule has 1 aliphatic rings. The number of rotatable bonds is 0. The Kier molecular flexibility index (Phi) is 1.78. The lowest BCUT2D eigenvalue weighted by atomic mass is 10.1. The van der Waals surface area contributed by atoms with Gasteiger partial charge in [0.15, 0.2) is 0 Å². The quantitative estimate of drug-likeness (QED) is 0.598. The molecule has 1 aliphatic heterocycles. The van der Waals surface area contributed by atoms with Crippen LogP contribution in [-0.2, 0) is 6.42 Å². The number of fused-ring (bicyclic) bond motifs is 1. The van der Waals surface area contributed by atoms with Gasteiger partial charge in [0.25, 0.3) is 0 Å². The van der Waals surface area contributed by atoms with Crippen molar-refractivity contribution in [1.29, 1.82) is 0 Å². The van der Waals surface area contributed by atoms with Gasteiger partial charge in [-0.2, -0.15) is 0 Å². The highest BCUT2D eigenvalue weighted by Gasteiger charge is 2.05. The van der Waals surface area contributed by atoms with E-state index in [2.05, 4.69) is 11.4 Å². The van der Waals surface area contributed by atoms with Gasteiger partial charge < -0.3 is 4.74 Å². The van der Waals surface area contributed by atoms with Crippen LogP contribution < -0.4 is 10.1 Å². The Morgan fingerprint density at radius 2 is 2.18 bits per heavy atom. The average molecular weight is 149 g/mol. The third kappa shape index (κ3) is 1.35. The molecule has 2 heteroatoms. The van der Waals surface area contributed by atoms with Crippen LogP contribution in [0, 0.1) is 0 Å². The Hall–Kier alpha value is -1.02. The Morgan fingerprint density at radius 1 is 1.27 bits per heavy atom. The molecular weight excluding hydrogens is 138 g/mol. The summed E-state index contributed by atoms with van der Waals surface area (Å²) in [6, 6.07) is 8.18. The van der Waals surface area contributed by atoms with Crippen LogP contribution in [0.2, 0.25) is 0 Å². The number of ether oxygens (including phenoxy) is 1. The van der Waals surface area contributed by atoms with Gasteiger partial charge in [0.2, 0.25) is 0 Å². The van der Waals surface area contributed by atoms with Gasteiger partial charge in [-0.05, 0) is 18.1 Å². The lowest BCUT2D eigenvalue weighted by molar-refractivity contribution is 0.294. The van der Waals surface area contributed by atoms with E-state index in [1.807, 2.05) is 18.2 Å². The second-order valence-electron chi connectivity index (χ2n) is 2.65. The van der Waals surface area contributed by atoms with E-state index in [0.717, 1.165) is 18.7 Å². The summed E-state index contributed by atoms with van der Waals surface area (Å²) in [5, 5.41) is 3.17. The SMILES string of the molecule is c1ccc2c(c1)CCNCO2. The van der Waals surface area contributed by atoms with Gasteiger partial charge in [-0.1, -0.05) is 18.2 Å². The van der Waals surface area contributed by atoms with Gasteiger partial charge in [0.05, 0.1) is 0 Å². The van der Waals surface area contributed by atoms with E-state index >= 15 is 0 Å². The molecule has 1 N–H and O–H groups in total. The molecule has 1 aromatic rings. The van der Waals surface area contributed by atoms with Gasteiger partial charge in [-0.25, -0.2) is 0 Å². The standard InChI is InChI=1S/C9H11NO/c1-2-4-9-8(3-1)5-6-10-7-11-9/h1-4,10H,5-7H2. The Balaban J connectivity index is 2.33. The molecule has 0 radical (unpaired) electrons. The van der Waals surface area contributed by atoms with Crippen molar-refractivity contribution in [2.75, 3.05) is 13.3 Å². The number of benzene rings is 1. The lowest BCUT2D eigenvalue weighted by Gasteiger charge is -2.03. The molecule has 0 unspecified atom stereocenters. The van der Waals surface area contributed by atoms with Crippen LogP contribution in [0.25, 0.3) is 0 Å². The fourth-order valence-corrected chi connectivity index (χ4v) is 1.28. The van der Waals surface area contributed by atoms with Crippen molar-refractivity contribution in [2.24, 2.45) is 0 Å². The van der Waals surface area contributed by atoms with Crippen molar-refractivity contribution in [3.05, 3.63) is 29.8 Å². The molecule has 1 heterocycles. The summed E-state index contributed by atoms with van der Waals surface area (Å²) in [5.74, 6) is 1.03. The van der Waals surface area contributed by atoms with Gasteiger partial charge in [0.1, 0.15) is 12.5 Å². The van der Waals surface area contributed by atoms with Crippen LogP contribution in [0.3, 0.4) is 0 Å². The minimum absolute atomic E-state index is 0.636. The number of hydrogen-bond donors (Lipinski definition) is 1. The number of nitrogens with one attached hydrogen (secondary N) is 1. The zero-order chi connectivity index (χ0) is 7.52. The Morgan fingerprint density at radius 3 is 3.18 bits per heavy atom. The molecule has 11 heavy (non-hydrogen) atoms. The fourth-order valence-electron chi connectivity index (χ4n) is 1.28. The molecular formula is C9H11NO. The predicted molar refractivity (Wildman–Crippen MR) is 43.6 cm³/mol. The maximum absolute atomic E-state index is 5.44. The van der Waals surface area contributed by atoms with Gasteiger partial charge in [-0.15, -0.1) is 0 Å². The first kappa shape index (κ1) is 6.68. The second-order valence-corrected chi connectivity index (χ2v) is 2.65. The molecule has 1 aromatic carbocycles. The average Bonchev–Trinajstić information content (AvgIpc) is 2.28. The molecule has 0 spiro atoms. The van der Waals surface area contributed by atoms with Gasteiger partial charge in [0, 0.05) is 6.54 Å². The Bertz CT molecular complexity index is 222. The molecule has 0 amide bonds. The van der Waals surface area contributed by atoms with Crippen LogP contribution in [0.5, 0.6) is 5.75 Å². The molecule has 2 rings (SSSR count). The minimum atomic E-state index is 0.636. The summed E-state index contributed by atoms with van der Waals surface area (Å²) >= 11 is 0. The molecule has 0 atom stereocenters. The molecule has 0 saturated carbocycles. The zero-order valence-electron chi connectivity index (χ0n) is 6.34. The van der Waals surface area contributed by atoms with Crippen molar-refractivity contribution in [3.8, 4) is 5.75 Å². The maximum atomic E-state index is 5.44. The summed E-state index contributed by atoms with van der Waals surface area (Å²) in [5.41, 5.74) is 1.30. The van der Waals surface area contributed by atoms with E-state index < -0.39 is 0 Å². The van der Waals surface area contributed by atoms with Crippen molar-refractivity contribution in [1.82, 2.24) is 5.32 Å². The van der Waals surface area contributed by atoms with Crippen LogP contribution in [0.15, 0.2) is 24.3 Å². The molecule has 58 valence electrons. The first-order valence-corrected chi connectivity index (χ1v) is 3.88. The highest BCUT2D eigenvalue weighted by molar-refractivity contribution is 5.33. The largest absolute Gasteiger partial charge is 0.478 e. The van der Waals surface area contributed by atoms with E-state index in [9.17, 15) is 0 Å². The smallest absolute Gasteiger partial charge is 0.139 e. The van der Waals surface area contributed by atoms with E-state index in [4.69, 9.17) is 4.74 Å². The number of para-hydroxylation sites is 1. The van der Waals surface area contributed by atoms with E-state index in [1.54, 1.807) is 0 Å². The minimum Gasteiger partial charge on any atom is -0.478 e. The van der Waals surface area contributed by atoms with Gasteiger partial charge in [-0.3, -0.25) is 5.32 Å². The van der Waals surface area contributed by atoms with Crippen LogP contribution in [0.4, 0.5) is 0 Å². The highest BCUT2D eigenvalue weighted by atomic mass is 16.5. The maximum Gasteiger partial charge on any atom is 0.139 e. The van der Waals surface area contributed by atoms with Crippen molar-refractivity contribution >= 4 is 0 Å². The molecule has 0 saturated heterocycles. The lowest BCUT2D eigenvalue weighted by Crippen LogP contribution is -2.19. The Labute approximate surface area is 66.2 Å². The molecule has 0 bridgehead atoms. The molecule has 2 nitrogen and oxygen atoms in total. The summed E-state index contributed by atoms with van der Waals surface area (Å²) in [6.45, 7) is 1.65. The summed E-state index contributed by atoms with van der Waals surface area (Å²) < 4.78 is 5.44. The molecule has 0 fully saturated rings. The van der Waals surface area contributed by atoms with E-state index in [0.29, 0.717) is 6.73 Å². The highest BCUT2D eigenvalue weighted by Crippen LogP contribution is 2.18. The van der Waals surface area contributed by atoms with Crippen molar-refractivity contribution in [3.63, 3.8) is 0 Å². The predicted octanol–water partition coefficient (Wildman–Crippen LogP) is 1.17. The zero-order valence-corrected chi connectivity index (χ0v) is 6.34.